The quantitative estimate of drug-likeness (QED) is 0.819. The predicted octanol–water partition coefficient (Wildman–Crippen LogP) is 1.62. The van der Waals surface area contributed by atoms with Crippen LogP contribution in [0.1, 0.15) is 24.1 Å². The number of rotatable bonds is 4. The van der Waals surface area contributed by atoms with Crippen molar-refractivity contribution in [2.75, 3.05) is 6.61 Å². The minimum absolute atomic E-state index is 0.0806. The lowest BCUT2D eigenvalue weighted by atomic mass is 10.0. The van der Waals surface area contributed by atoms with Crippen molar-refractivity contribution in [3.63, 3.8) is 0 Å². The maximum Gasteiger partial charge on any atom is 0.325 e. The topological polar surface area (TPSA) is 72.5 Å². The van der Waals surface area contributed by atoms with Gasteiger partial charge in [-0.3, -0.25) is 4.79 Å². The summed E-state index contributed by atoms with van der Waals surface area (Å²) < 4.78 is 18.6. The van der Waals surface area contributed by atoms with Crippen LogP contribution >= 0.6 is 0 Å². The van der Waals surface area contributed by atoms with Gasteiger partial charge in [0.05, 0.1) is 6.61 Å². The Hall–Kier alpha value is -1.62. The molecule has 0 amide bonds. The van der Waals surface area contributed by atoms with E-state index in [1.807, 2.05) is 0 Å². The summed E-state index contributed by atoms with van der Waals surface area (Å²) in [6.07, 6.45) is 0. The van der Waals surface area contributed by atoms with Crippen LogP contribution in [0.25, 0.3) is 0 Å². The Morgan fingerprint density at radius 3 is 2.75 bits per heavy atom. The van der Waals surface area contributed by atoms with Gasteiger partial charge in [-0.25, -0.2) is 4.39 Å². The average molecular weight is 227 g/mol. The first kappa shape index (κ1) is 12.4. The summed E-state index contributed by atoms with van der Waals surface area (Å²) in [6, 6.07) is 1.52. The number of carbonyl (C=O) groups is 1. The molecular formula is C11H14FNO3. The van der Waals surface area contributed by atoms with Crippen molar-refractivity contribution in [3.8, 4) is 5.75 Å². The van der Waals surface area contributed by atoms with Gasteiger partial charge in [0.2, 0.25) is 0 Å². The zero-order chi connectivity index (χ0) is 12.3. The lowest BCUT2D eigenvalue weighted by Gasteiger charge is -2.15. The highest BCUT2D eigenvalue weighted by atomic mass is 19.1. The number of halogens is 1. The highest BCUT2D eigenvalue weighted by Crippen LogP contribution is 2.29. The molecule has 0 aliphatic heterocycles. The maximum atomic E-state index is 13.5. The molecule has 16 heavy (non-hydrogen) atoms. The number of aryl methyl sites for hydroxylation is 1. The molecule has 0 saturated carbocycles. The van der Waals surface area contributed by atoms with Gasteiger partial charge in [0, 0.05) is 5.56 Å². The molecule has 1 aromatic carbocycles. The summed E-state index contributed by atoms with van der Waals surface area (Å²) in [4.78, 5) is 10.8. The zero-order valence-electron chi connectivity index (χ0n) is 9.16. The Morgan fingerprint density at radius 1 is 1.62 bits per heavy atom. The van der Waals surface area contributed by atoms with Gasteiger partial charge >= 0.3 is 5.97 Å². The normalized spacial score (nSPS) is 12.2. The van der Waals surface area contributed by atoms with Gasteiger partial charge in [0.25, 0.3) is 0 Å². The highest BCUT2D eigenvalue weighted by molar-refractivity contribution is 5.76. The number of aliphatic carboxylic acids is 1. The molecule has 3 N–H and O–H groups in total. The monoisotopic (exact) mass is 227 g/mol. The first-order chi connectivity index (χ1) is 7.47. The summed E-state index contributed by atoms with van der Waals surface area (Å²) in [7, 11) is 0. The fourth-order valence-corrected chi connectivity index (χ4v) is 1.42. The highest BCUT2D eigenvalue weighted by Gasteiger charge is 2.22. The summed E-state index contributed by atoms with van der Waals surface area (Å²) in [5.74, 6) is -1.89. The van der Waals surface area contributed by atoms with E-state index in [4.69, 9.17) is 15.6 Å². The van der Waals surface area contributed by atoms with Gasteiger partial charge in [0.1, 0.15) is 6.04 Å². The minimum atomic E-state index is -1.28. The fraction of sp³-hybridized carbons (Fsp3) is 0.364. The van der Waals surface area contributed by atoms with Gasteiger partial charge in [-0.15, -0.1) is 0 Å². The molecule has 0 aromatic heterocycles. The van der Waals surface area contributed by atoms with Crippen LogP contribution in [0.2, 0.25) is 0 Å². The van der Waals surface area contributed by atoms with E-state index in [1.165, 1.54) is 12.1 Å². The smallest absolute Gasteiger partial charge is 0.325 e. The van der Waals surface area contributed by atoms with Gasteiger partial charge in [-0.2, -0.15) is 0 Å². The summed E-state index contributed by atoms with van der Waals surface area (Å²) in [5, 5.41) is 8.81. The molecule has 0 spiro atoms. The maximum absolute atomic E-state index is 13.5. The number of carboxylic acid groups (broad SMARTS) is 1. The second-order valence-corrected chi connectivity index (χ2v) is 3.41. The molecule has 0 bridgehead atoms. The van der Waals surface area contributed by atoms with Crippen LogP contribution in [0.4, 0.5) is 4.39 Å². The molecule has 1 unspecified atom stereocenters. The van der Waals surface area contributed by atoms with Crippen molar-refractivity contribution in [3.05, 3.63) is 29.1 Å². The Morgan fingerprint density at radius 2 is 2.25 bits per heavy atom. The largest absolute Gasteiger partial charge is 0.490 e. The summed E-state index contributed by atoms with van der Waals surface area (Å²) in [5.41, 5.74) is 6.22. The molecule has 1 aromatic rings. The first-order valence-corrected chi connectivity index (χ1v) is 4.88. The van der Waals surface area contributed by atoms with E-state index in [9.17, 15) is 9.18 Å². The van der Waals surface area contributed by atoms with Crippen LogP contribution in [0.15, 0.2) is 12.1 Å². The molecule has 88 valence electrons. The number of carboxylic acids is 1. The van der Waals surface area contributed by atoms with Crippen molar-refractivity contribution < 1.29 is 19.0 Å². The third-order valence-corrected chi connectivity index (χ3v) is 2.11. The van der Waals surface area contributed by atoms with E-state index in [-0.39, 0.29) is 17.9 Å². The lowest BCUT2D eigenvalue weighted by Crippen LogP contribution is -2.22. The minimum Gasteiger partial charge on any atom is -0.490 e. The van der Waals surface area contributed by atoms with Crippen LogP contribution in [0.5, 0.6) is 5.75 Å². The van der Waals surface area contributed by atoms with Crippen molar-refractivity contribution in [2.45, 2.75) is 19.9 Å². The van der Waals surface area contributed by atoms with Crippen molar-refractivity contribution in [1.82, 2.24) is 0 Å². The molecule has 0 aliphatic carbocycles. The van der Waals surface area contributed by atoms with Crippen LogP contribution in [-0.2, 0) is 4.79 Å². The van der Waals surface area contributed by atoms with Crippen molar-refractivity contribution in [1.29, 1.82) is 0 Å². The first-order valence-electron chi connectivity index (χ1n) is 4.88. The average Bonchev–Trinajstić information content (AvgIpc) is 2.20. The van der Waals surface area contributed by atoms with Crippen molar-refractivity contribution in [2.24, 2.45) is 5.73 Å². The van der Waals surface area contributed by atoms with Crippen LogP contribution in [-0.4, -0.2) is 17.7 Å². The molecule has 5 heteroatoms. The van der Waals surface area contributed by atoms with E-state index in [1.54, 1.807) is 13.8 Å². The SMILES string of the molecule is CCOc1c(F)cc(C)cc1C(N)C(=O)O. The molecule has 0 radical (unpaired) electrons. The third kappa shape index (κ3) is 2.49. The van der Waals surface area contributed by atoms with E-state index in [2.05, 4.69) is 0 Å². The zero-order valence-corrected chi connectivity index (χ0v) is 9.16. The number of hydrogen-bond acceptors (Lipinski definition) is 3. The standard InChI is InChI=1S/C11H14FNO3/c1-3-16-10-7(9(13)11(14)15)4-6(2)5-8(10)12/h4-5,9H,3,13H2,1-2H3,(H,14,15). The molecule has 0 fully saturated rings. The molecule has 1 atom stereocenters. The second-order valence-electron chi connectivity index (χ2n) is 3.41. The van der Waals surface area contributed by atoms with Gasteiger partial charge < -0.3 is 15.6 Å². The van der Waals surface area contributed by atoms with Gasteiger partial charge in [-0.1, -0.05) is 0 Å². The second kappa shape index (κ2) is 4.94. The number of ether oxygens (including phenoxy) is 1. The van der Waals surface area contributed by atoms with Crippen molar-refractivity contribution >= 4 is 5.97 Å². The van der Waals surface area contributed by atoms with Gasteiger partial charge in [-0.05, 0) is 31.5 Å². The Labute approximate surface area is 92.8 Å². The van der Waals surface area contributed by atoms with E-state index < -0.39 is 17.8 Å². The molecular weight excluding hydrogens is 213 g/mol. The summed E-state index contributed by atoms with van der Waals surface area (Å²) in [6.45, 7) is 3.60. The number of hydrogen-bond donors (Lipinski definition) is 2. The predicted molar refractivity (Wildman–Crippen MR) is 56.9 cm³/mol. The third-order valence-electron chi connectivity index (χ3n) is 2.11. The van der Waals surface area contributed by atoms with Crippen LogP contribution < -0.4 is 10.5 Å². The molecule has 0 aliphatic rings. The Kier molecular flexibility index (Phi) is 3.84. The number of nitrogens with two attached hydrogens (primary N) is 1. The van der Waals surface area contributed by atoms with E-state index >= 15 is 0 Å². The summed E-state index contributed by atoms with van der Waals surface area (Å²) >= 11 is 0. The fourth-order valence-electron chi connectivity index (χ4n) is 1.42. The molecule has 1 rings (SSSR count). The van der Waals surface area contributed by atoms with E-state index in [0.29, 0.717) is 5.56 Å². The molecule has 0 saturated heterocycles. The Bertz CT molecular complexity index is 406. The molecule has 4 nitrogen and oxygen atoms in total. The molecule has 0 heterocycles. The van der Waals surface area contributed by atoms with Gasteiger partial charge in [0.15, 0.2) is 11.6 Å². The number of benzene rings is 1. The Balaban J connectivity index is 3.28. The van der Waals surface area contributed by atoms with Crippen LogP contribution in [0, 0.1) is 12.7 Å². The lowest BCUT2D eigenvalue weighted by molar-refractivity contribution is -0.138. The van der Waals surface area contributed by atoms with E-state index in [0.717, 1.165) is 0 Å². The van der Waals surface area contributed by atoms with Crippen LogP contribution in [0.3, 0.4) is 0 Å².